The Balaban J connectivity index is 2.61. The first-order valence-electron chi connectivity index (χ1n) is 5.01. The lowest BCUT2D eigenvalue weighted by molar-refractivity contribution is -0.122. The number of para-hydroxylation sites is 1. The largest absolute Gasteiger partial charge is 0.504 e. The molecule has 1 amide bonds. The first-order valence-corrected chi connectivity index (χ1v) is 5.01. The summed E-state index contributed by atoms with van der Waals surface area (Å²) in [6, 6.07) is 4.36. The highest BCUT2D eigenvalue weighted by Crippen LogP contribution is 2.27. The highest BCUT2D eigenvalue weighted by Gasteiger charge is 2.11. The van der Waals surface area contributed by atoms with Crippen LogP contribution in [0.15, 0.2) is 18.2 Å². The van der Waals surface area contributed by atoms with Gasteiger partial charge in [0.05, 0.1) is 6.04 Å². The molecule has 0 saturated heterocycles. The maximum atomic E-state index is 11.2. The average molecular weight is 224 g/mol. The lowest BCUT2D eigenvalue weighted by atomic mass is 10.1. The number of hydrogen-bond donors (Lipinski definition) is 4. The molecule has 4 N–H and O–H groups in total. The summed E-state index contributed by atoms with van der Waals surface area (Å²) >= 11 is 0. The van der Waals surface area contributed by atoms with Gasteiger partial charge in [-0.25, -0.2) is 0 Å². The number of phenolic OH excluding ortho intramolecular Hbond substituents is 2. The van der Waals surface area contributed by atoms with E-state index in [9.17, 15) is 15.0 Å². The second-order valence-corrected chi connectivity index (χ2v) is 3.50. The lowest BCUT2D eigenvalue weighted by Gasteiger charge is -2.13. The van der Waals surface area contributed by atoms with E-state index in [2.05, 4.69) is 10.6 Å². The molecule has 1 rings (SSSR count). The topological polar surface area (TPSA) is 81.6 Å². The minimum Gasteiger partial charge on any atom is -0.504 e. The first-order chi connectivity index (χ1) is 7.56. The van der Waals surface area contributed by atoms with Gasteiger partial charge in [-0.2, -0.15) is 0 Å². The summed E-state index contributed by atoms with van der Waals surface area (Å²) in [6.45, 7) is 2.04. The Hall–Kier alpha value is -1.75. The summed E-state index contributed by atoms with van der Waals surface area (Å²) < 4.78 is 0. The van der Waals surface area contributed by atoms with E-state index in [0.717, 1.165) is 0 Å². The molecule has 88 valence electrons. The van der Waals surface area contributed by atoms with Gasteiger partial charge in [0.25, 0.3) is 0 Å². The molecular formula is C11H16N2O3. The zero-order valence-corrected chi connectivity index (χ0v) is 9.32. The zero-order chi connectivity index (χ0) is 12.1. The summed E-state index contributed by atoms with van der Waals surface area (Å²) in [7, 11) is 1.56. The van der Waals surface area contributed by atoms with E-state index < -0.39 is 0 Å². The Morgan fingerprint density at radius 3 is 2.75 bits per heavy atom. The highest BCUT2D eigenvalue weighted by atomic mass is 16.3. The minimum absolute atomic E-state index is 0.125. The molecule has 1 unspecified atom stereocenters. The summed E-state index contributed by atoms with van der Waals surface area (Å²) in [4.78, 5) is 11.2. The van der Waals surface area contributed by atoms with Crippen molar-refractivity contribution < 1.29 is 15.0 Å². The molecule has 5 nitrogen and oxygen atoms in total. The van der Waals surface area contributed by atoms with Crippen molar-refractivity contribution in [2.24, 2.45) is 0 Å². The maximum Gasteiger partial charge on any atom is 0.236 e. The van der Waals surface area contributed by atoms with Gasteiger partial charge in [0.1, 0.15) is 0 Å². The monoisotopic (exact) mass is 224 g/mol. The van der Waals surface area contributed by atoms with Crippen LogP contribution in [0.25, 0.3) is 0 Å². The van der Waals surface area contributed by atoms with E-state index in [1.165, 1.54) is 6.07 Å². The fourth-order valence-electron chi connectivity index (χ4n) is 1.29. The van der Waals surface area contributed by atoms with Crippen molar-refractivity contribution in [2.45, 2.75) is 19.5 Å². The fourth-order valence-corrected chi connectivity index (χ4v) is 1.29. The Morgan fingerprint density at radius 1 is 1.44 bits per heavy atom. The van der Waals surface area contributed by atoms with Crippen LogP contribution < -0.4 is 10.6 Å². The standard InChI is InChI=1S/C11H16N2O3/c1-7(11(16)12-2)13-6-8-4-3-5-9(14)10(8)15/h3-5,7,13-15H,6H2,1-2H3,(H,12,16). The highest BCUT2D eigenvalue weighted by molar-refractivity contribution is 5.80. The molecule has 0 bridgehead atoms. The number of rotatable bonds is 4. The van der Waals surface area contributed by atoms with Crippen molar-refractivity contribution in [1.82, 2.24) is 10.6 Å². The molecular weight excluding hydrogens is 208 g/mol. The maximum absolute atomic E-state index is 11.2. The smallest absolute Gasteiger partial charge is 0.236 e. The van der Waals surface area contributed by atoms with E-state index in [1.54, 1.807) is 26.1 Å². The van der Waals surface area contributed by atoms with Crippen molar-refractivity contribution >= 4 is 5.91 Å². The van der Waals surface area contributed by atoms with Crippen molar-refractivity contribution in [1.29, 1.82) is 0 Å². The normalized spacial score (nSPS) is 12.1. The Labute approximate surface area is 94.1 Å². The van der Waals surface area contributed by atoms with Crippen LogP contribution in [0, 0.1) is 0 Å². The fraction of sp³-hybridized carbons (Fsp3) is 0.364. The van der Waals surface area contributed by atoms with Gasteiger partial charge in [-0.15, -0.1) is 0 Å². The van der Waals surface area contributed by atoms with Gasteiger partial charge in [-0.3, -0.25) is 4.79 Å². The van der Waals surface area contributed by atoms with Crippen LogP contribution in [0.3, 0.4) is 0 Å². The van der Waals surface area contributed by atoms with Crippen molar-refractivity contribution in [3.63, 3.8) is 0 Å². The van der Waals surface area contributed by atoms with E-state index in [-0.39, 0.29) is 23.4 Å². The number of amides is 1. The number of benzene rings is 1. The second kappa shape index (κ2) is 5.37. The summed E-state index contributed by atoms with van der Waals surface area (Å²) in [5.41, 5.74) is 0.552. The lowest BCUT2D eigenvalue weighted by Crippen LogP contribution is -2.40. The molecule has 1 aromatic carbocycles. The molecule has 0 fully saturated rings. The van der Waals surface area contributed by atoms with Crippen LogP contribution in [-0.2, 0) is 11.3 Å². The molecule has 0 saturated carbocycles. The van der Waals surface area contributed by atoms with Crippen LogP contribution in [0.1, 0.15) is 12.5 Å². The molecule has 0 aromatic heterocycles. The second-order valence-electron chi connectivity index (χ2n) is 3.50. The predicted molar refractivity (Wildman–Crippen MR) is 60.1 cm³/mol. The predicted octanol–water partition coefficient (Wildman–Crippen LogP) is 0.322. The van der Waals surface area contributed by atoms with Gasteiger partial charge in [0.15, 0.2) is 11.5 Å². The molecule has 0 heterocycles. The van der Waals surface area contributed by atoms with E-state index in [4.69, 9.17) is 0 Å². The van der Waals surface area contributed by atoms with Crippen LogP contribution >= 0.6 is 0 Å². The number of aromatic hydroxyl groups is 2. The summed E-state index contributed by atoms with van der Waals surface area (Å²) in [5, 5.41) is 24.2. The third-order valence-corrected chi connectivity index (χ3v) is 2.34. The third-order valence-electron chi connectivity index (χ3n) is 2.34. The number of carbonyl (C=O) groups is 1. The van der Waals surface area contributed by atoms with Crippen LogP contribution in [0.5, 0.6) is 11.5 Å². The molecule has 0 radical (unpaired) electrons. The van der Waals surface area contributed by atoms with Crippen LogP contribution in [-0.4, -0.2) is 29.2 Å². The van der Waals surface area contributed by atoms with Crippen molar-refractivity contribution in [3.05, 3.63) is 23.8 Å². The zero-order valence-electron chi connectivity index (χ0n) is 9.32. The van der Waals surface area contributed by atoms with E-state index in [1.807, 2.05) is 0 Å². The first kappa shape index (κ1) is 12.3. The van der Waals surface area contributed by atoms with Gasteiger partial charge >= 0.3 is 0 Å². The SMILES string of the molecule is CNC(=O)C(C)NCc1cccc(O)c1O. The van der Waals surface area contributed by atoms with Crippen molar-refractivity contribution in [2.75, 3.05) is 7.05 Å². The summed E-state index contributed by atoms with van der Waals surface area (Å²) in [6.07, 6.45) is 0. The van der Waals surface area contributed by atoms with Gasteiger partial charge < -0.3 is 20.8 Å². The molecule has 5 heteroatoms. The van der Waals surface area contributed by atoms with Crippen LogP contribution in [0.2, 0.25) is 0 Å². The molecule has 0 aliphatic carbocycles. The van der Waals surface area contributed by atoms with E-state index >= 15 is 0 Å². The van der Waals surface area contributed by atoms with Gasteiger partial charge in [-0.1, -0.05) is 12.1 Å². The molecule has 0 aliphatic rings. The Bertz CT molecular complexity index is 379. The van der Waals surface area contributed by atoms with Gasteiger partial charge in [-0.05, 0) is 13.0 Å². The number of likely N-dealkylation sites (N-methyl/N-ethyl adjacent to an activating group) is 1. The third kappa shape index (κ3) is 2.87. The Morgan fingerprint density at radius 2 is 2.12 bits per heavy atom. The Kier molecular flexibility index (Phi) is 4.13. The molecule has 0 spiro atoms. The summed E-state index contributed by atoms with van der Waals surface area (Å²) in [5.74, 6) is -0.439. The number of hydrogen-bond acceptors (Lipinski definition) is 4. The van der Waals surface area contributed by atoms with Gasteiger partial charge in [0.2, 0.25) is 5.91 Å². The minimum atomic E-state index is -0.355. The van der Waals surface area contributed by atoms with Gasteiger partial charge in [0, 0.05) is 19.2 Å². The average Bonchev–Trinajstić information content (AvgIpc) is 2.29. The number of nitrogens with one attached hydrogen (secondary N) is 2. The number of phenols is 2. The van der Waals surface area contributed by atoms with Crippen molar-refractivity contribution in [3.8, 4) is 11.5 Å². The van der Waals surface area contributed by atoms with E-state index in [0.29, 0.717) is 12.1 Å². The molecule has 0 aliphatic heterocycles. The molecule has 1 atom stereocenters. The molecule has 1 aromatic rings. The van der Waals surface area contributed by atoms with Crippen LogP contribution in [0.4, 0.5) is 0 Å². The quantitative estimate of drug-likeness (QED) is 0.555. The number of carbonyl (C=O) groups excluding carboxylic acids is 1. The molecule has 16 heavy (non-hydrogen) atoms.